The van der Waals surface area contributed by atoms with Crippen molar-refractivity contribution < 1.29 is 32.6 Å². The summed E-state index contributed by atoms with van der Waals surface area (Å²) in [4.78, 5) is 30.4. The van der Waals surface area contributed by atoms with Crippen LogP contribution in [0, 0.1) is 18.8 Å². The van der Waals surface area contributed by atoms with Gasteiger partial charge in [0.1, 0.15) is 6.04 Å². The maximum Gasteiger partial charge on any atom is 0.242 e. The lowest BCUT2D eigenvalue weighted by molar-refractivity contribution is -0.278. The zero-order valence-corrected chi connectivity index (χ0v) is 36.9. The summed E-state index contributed by atoms with van der Waals surface area (Å²) < 4.78 is 43.3. The molecule has 0 aromatic heterocycles. The minimum absolute atomic E-state index is 0.0558. The van der Waals surface area contributed by atoms with Gasteiger partial charge >= 0.3 is 0 Å². The molecule has 4 aromatic carbocycles. The van der Waals surface area contributed by atoms with Crippen LogP contribution in [-0.4, -0.2) is 66.6 Å². The van der Waals surface area contributed by atoms with Crippen molar-refractivity contribution in [3.8, 4) is 0 Å². The molecule has 0 spiro atoms. The first-order chi connectivity index (χ1) is 29.2. The number of nitrogens with one attached hydrogen (secondary N) is 3. The summed E-state index contributed by atoms with van der Waals surface area (Å²) in [6.45, 7) is 10.6. The van der Waals surface area contributed by atoms with Gasteiger partial charge in [-0.2, -0.15) is 4.72 Å². The van der Waals surface area contributed by atoms with Gasteiger partial charge in [-0.05, 0) is 107 Å². The number of piperidine rings is 1. The van der Waals surface area contributed by atoms with Crippen LogP contribution >= 0.6 is 0 Å². The highest BCUT2D eigenvalue weighted by molar-refractivity contribution is 7.89. The van der Waals surface area contributed by atoms with Crippen LogP contribution in [0.1, 0.15) is 106 Å². The number of fused-ring (bicyclic) bond motifs is 1. The van der Waals surface area contributed by atoms with Gasteiger partial charge in [0.2, 0.25) is 21.8 Å². The van der Waals surface area contributed by atoms with Crippen LogP contribution < -0.4 is 15.4 Å². The van der Waals surface area contributed by atoms with E-state index in [1.54, 1.807) is 24.3 Å². The van der Waals surface area contributed by atoms with Crippen LogP contribution in [0.3, 0.4) is 0 Å². The predicted molar refractivity (Wildman–Crippen MR) is 237 cm³/mol. The number of hydrogen-bond acceptors (Lipinski definition) is 8. The zero-order valence-electron chi connectivity index (χ0n) is 36.0. The Hall–Kier alpha value is -4.43. The average molecular weight is 851 g/mol. The Morgan fingerprint density at radius 2 is 1.49 bits per heavy atom. The number of nitrogens with zero attached hydrogens (tertiary/aromatic N) is 1. The number of rotatable bonds is 13. The van der Waals surface area contributed by atoms with Crippen molar-refractivity contribution in [2.24, 2.45) is 11.8 Å². The highest BCUT2D eigenvalue weighted by Crippen LogP contribution is 2.44. The third-order valence-corrected chi connectivity index (χ3v) is 14.0. The lowest BCUT2D eigenvalue weighted by Gasteiger charge is -2.51. The average Bonchev–Trinajstić information content (AvgIpc) is 3.24. The largest absolute Gasteiger partial charge is 0.392 e. The Morgan fingerprint density at radius 3 is 2.16 bits per heavy atom. The molecule has 4 aromatic rings. The summed E-state index contributed by atoms with van der Waals surface area (Å²) in [6, 6.07) is 29.9. The molecule has 2 aliphatic heterocycles. The van der Waals surface area contributed by atoms with Crippen molar-refractivity contribution in [3.05, 3.63) is 131 Å². The van der Waals surface area contributed by atoms with Crippen molar-refractivity contribution in [1.82, 2.24) is 14.9 Å². The number of aliphatic hydroxyl groups is 1. The van der Waals surface area contributed by atoms with Gasteiger partial charge in [-0.15, -0.1) is 0 Å². The number of likely N-dealkylation sites (tertiary alicyclic amines) is 1. The second-order valence-electron chi connectivity index (χ2n) is 18.3. The Balaban J connectivity index is 1.13. The molecule has 0 bridgehead atoms. The molecule has 61 heavy (non-hydrogen) atoms. The molecule has 326 valence electrons. The quantitative estimate of drug-likeness (QED) is 0.107. The van der Waals surface area contributed by atoms with Crippen molar-refractivity contribution in [3.63, 3.8) is 0 Å². The zero-order chi connectivity index (χ0) is 43.3. The summed E-state index contributed by atoms with van der Waals surface area (Å²) >= 11 is 0. The highest BCUT2D eigenvalue weighted by atomic mass is 32.2. The lowest BCUT2D eigenvalue weighted by Crippen LogP contribution is -2.61. The molecule has 3 aliphatic rings. The van der Waals surface area contributed by atoms with Crippen LogP contribution in [0.25, 0.3) is 0 Å². The molecule has 11 nitrogen and oxygen atoms in total. The number of carbonyl (C=O) groups is 2. The summed E-state index contributed by atoms with van der Waals surface area (Å²) in [7, 11) is -4.01. The van der Waals surface area contributed by atoms with E-state index in [-0.39, 0.29) is 53.5 Å². The summed E-state index contributed by atoms with van der Waals surface area (Å²) in [5.41, 5.74) is 4.41. The summed E-state index contributed by atoms with van der Waals surface area (Å²) in [5.74, 6) is 0.0457. The number of carbonyl (C=O) groups excluding carboxylic acids is 2. The standard InChI is InChI=1S/C49H62N4O7S/c1-32-15-26-40(27-16-32)61(57,58)52-41(29-34-11-7-6-8-12-34)46(55)50-39-24-21-38(22-25-39)48-59-44(33(2)45(60-48)37-19-17-35(31-54)18-20-37)30-53-42-14-10-9-13-36(42)23-28-43(53)47(56)51-49(3,4)5/h6-8,11-12,15-22,24-27,33,36,41-45,48,52,54H,9-10,13-14,23,28-31H2,1-5H3,(H,50,55)(H,51,56)/t33-,36-,41-,42-,43-,44+,45+,48+/m1/s1. The van der Waals surface area contributed by atoms with E-state index in [4.69, 9.17) is 9.47 Å². The molecule has 7 rings (SSSR count). The SMILES string of the molecule is Cc1ccc(S(=O)(=O)N[C@H](Cc2ccccc2)C(=O)Nc2ccc([C@H]3O[C@@H](CN4[C@@H](C(=O)NC(C)(C)C)CC[C@H]5CCCC[C@H]54)[C@@H](C)[C@@H](c4ccc(CO)cc4)O3)cc2)cc1. The molecule has 8 atom stereocenters. The van der Waals surface area contributed by atoms with E-state index in [1.807, 2.05) is 94.4 Å². The molecule has 0 unspecified atom stereocenters. The molecular weight excluding hydrogens is 789 g/mol. The van der Waals surface area contributed by atoms with E-state index in [2.05, 4.69) is 27.2 Å². The third kappa shape index (κ3) is 11.2. The predicted octanol–water partition coefficient (Wildman–Crippen LogP) is 7.74. The van der Waals surface area contributed by atoms with Crippen molar-refractivity contribution in [2.45, 2.75) is 133 Å². The Kier molecular flexibility index (Phi) is 14.1. The summed E-state index contributed by atoms with van der Waals surface area (Å²) in [6.07, 6.45) is 5.22. The van der Waals surface area contributed by atoms with Crippen LogP contribution in [0.5, 0.6) is 0 Å². The van der Waals surface area contributed by atoms with Crippen LogP contribution in [0.15, 0.2) is 108 Å². The fourth-order valence-corrected chi connectivity index (χ4v) is 10.4. The van der Waals surface area contributed by atoms with Crippen molar-refractivity contribution in [1.29, 1.82) is 0 Å². The van der Waals surface area contributed by atoms with Crippen LogP contribution in [-0.2, 0) is 42.1 Å². The van der Waals surface area contributed by atoms with E-state index in [0.29, 0.717) is 24.2 Å². The molecule has 1 saturated carbocycles. The Morgan fingerprint density at radius 1 is 0.820 bits per heavy atom. The van der Waals surface area contributed by atoms with E-state index >= 15 is 0 Å². The van der Waals surface area contributed by atoms with Crippen molar-refractivity contribution >= 4 is 27.5 Å². The van der Waals surface area contributed by atoms with E-state index in [0.717, 1.165) is 53.5 Å². The second-order valence-corrected chi connectivity index (χ2v) is 20.0. The molecular formula is C49H62N4O7S. The third-order valence-electron chi connectivity index (χ3n) is 12.5. The Labute approximate surface area is 361 Å². The molecule has 1 aliphatic carbocycles. The smallest absolute Gasteiger partial charge is 0.242 e. The van der Waals surface area contributed by atoms with Crippen LogP contribution in [0.2, 0.25) is 0 Å². The number of aryl methyl sites for hydroxylation is 1. The molecule has 2 amide bonds. The van der Waals surface area contributed by atoms with Crippen molar-refractivity contribution in [2.75, 3.05) is 11.9 Å². The second kappa shape index (κ2) is 19.3. The van der Waals surface area contributed by atoms with Gasteiger partial charge in [-0.25, -0.2) is 8.42 Å². The molecule has 2 saturated heterocycles. The maximum atomic E-state index is 13.9. The van der Waals surface area contributed by atoms with Gasteiger partial charge in [0.05, 0.1) is 29.8 Å². The van der Waals surface area contributed by atoms with Gasteiger partial charge in [0.25, 0.3) is 0 Å². The number of benzene rings is 4. The lowest BCUT2D eigenvalue weighted by atomic mass is 9.75. The highest BCUT2D eigenvalue weighted by Gasteiger charge is 2.46. The fraction of sp³-hybridized carbons (Fsp3) is 0.469. The van der Waals surface area contributed by atoms with Gasteiger partial charge in [0, 0.05) is 35.3 Å². The number of amides is 2. The number of hydrogen-bond donors (Lipinski definition) is 4. The van der Waals surface area contributed by atoms with E-state index in [1.165, 1.54) is 25.0 Å². The normalized spacial score (nSPS) is 25.2. The molecule has 4 N–H and O–H groups in total. The minimum atomic E-state index is -4.01. The summed E-state index contributed by atoms with van der Waals surface area (Å²) in [5, 5.41) is 16.0. The first-order valence-electron chi connectivity index (χ1n) is 21.8. The molecule has 3 fully saturated rings. The number of aliphatic hydroxyl groups excluding tert-OH is 1. The monoisotopic (exact) mass is 850 g/mol. The first kappa shape index (κ1) is 44.6. The van der Waals surface area contributed by atoms with Gasteiger partial charge in [-0.3, -0.25) is 14.5 Å². The van der Waals surface area contributed by atoms with E-state index < -0.39 is 28.3 Å². The number of anilines is 1. The van der Waals surface area contributed by atoms with Gasteiger partial charge in [0.15, 0.2) is 6.29 Å². The van der Waals surface area contributed by atoms with E-state index in [9.17, 15) is 23.1 Å². The van der Waals surface area contributed by atoms with Gasteiger partial charge < -0.3 is 25.2 Å². The minimum Gasteiger partial charge on any atom is -0.392 e. The topological polar surface area (TPSA) is 146 Å². The number of ether oxygens (including phenoxy) is 2. The number of sulfonamides is 1. The first-order valence-corrected chi connectivity index (χ1v) is 23.3. The fourth-order valence-electron chi connectivity index (χ4n) is 9.23. The molecule has 2 heterocycles. The van der Waals surface area contributed by atoms with Gasteiger partial charge in [-0.1, -0.05) is 104 Å². The molecule has 0 radical (unpaired) electrons. The Bertz CT molecular complexity index is 2190. The maximum absolute atomic E-state index is 13.9. The van der Waals surface area contributed by atoms with Crippen LogP contribution in [0.4, 0.5) is 5.69 Å². The molecule has 12 heteroatoms.